The van der Waals surface area contributed by atoms with E-state index in [1.165, 1.54) is 0 Å². The average molecular weight is 245 g/mol. The molecule has 0 bridgehead atoms. The summed E-state index contributed by atoms with van der Waals surface area (Å²) in [6.45, 7) is 0.337. The highest BCUT2D eigenvalue weighted by molar-refractivity contribution is 7.80. The lowest BCUT2D eigenvalue weighted by molar-refractivity contribution is 0.181. The summed E-state index contributed by atoms with van der Waals surface area (Å²) in [4.78, 5) is 0. The fraction of sp³-hybridized carbons (Fsp3) is 0.300. The highest BCUT2D eigenvalue weighted by Gasteiger charge is 2.10. The van der Waals surface area contributed by atoms with E-state index in [1.807, 2.05) is 12.1 Å². The third-order valence-electron chi connectivity index (χ3n) is 1.95. The quantitative estimate of drug-likeness (QED) is 0.705. The van der Waals surface area contributed by atoms with Gasteiger partial charge < -0.3 is 15.7 Å². The summed E-state index contributed by atoms with van der Waals surface area (Å²) in [7, 11) is 1.72. The second kappa shape index (κ2) is 5.90. The molecule has 82 valence electrons. The van der Waals surface area contributed by atoms with Crippen molar-refractivity contribution in [1.82, 2.24) is 10.6 Å². The summed E-state index contributed by atoms with van der Waals surface area (Å²) in [5.41, 5.74) is 0.700. The average Bonchev–Trinajstić information content (AvgIpc) is 2.26. The molecule has 0 fully saturated rings. The number of nitrogens with one attached hydrogen (secondary N) is 2. The van der Waals surface area contributed by atoms with Gasteiger partial charge in [0, 0.05) is 24.2 Å². The van der Waals surface area contributed by atoms with Crippen molar-refractivity contribution < 1.29 is 5.11 Å². The first kappa shape index (κ1) is 12.2. The fourth-order valence-corrected chi connectivity index (χ4v) is 1.48. The van der Waals surface area contributed by atoms with Crippen LogP contribution >= 0.6 is 23.8 Å². The number of thiocarbonyl (C=S) groups is 1. The summed E-state index contributed by atoms with van der Waals surface area (Å²) in [5, 5.41) is 16.5. The molecule has 0 spiro atoms. The Labute approximate surface area is 99.4 Å². The van der Waals surface area contributed by atoms with Gasteiger partial charge in [0.05, 0.1) is 6.10 Å². The van der Waals surface area contributed by atoms with E-state index in [9.17, 15) is 5.11 Å². The van der Waals surface area contributed by atoms with Gasteiger partial charge in [-0.05, 0) is 18.3 Å². The largest absolute Gasteiger partial charge is 0.387 e. The molecule has 0 radical (unpaired) electrons. The molecule has 0 aromatic heterocycles. The van der Waals surface area contributed by atoms with Gasteiger partial charge in [0.1, 0.15) is 0 Å². The minimum atomic E-state index is -0.662. The third kappa shape index (κ3) is 3.66. The van der Waals surface area contributed by atoms with Crippen LogP contribution in [-0.4, -0.2) is 23.8 Å². The molecular weight excluding hydrogens is 232 g/mol. The molecular formula is C10H13ClN2OS. The van der Waals surface area contributed by atoms with Crippen LogP contribution in [0.15, 0.2) is 24.3 Å². The van der Waals surface area contributed by atoms with Gasteiger partial charge in [-0.15, -0.1) is 0 Å². The highest BCUT2D eigenvalue weighted by atomic mass is 35.5. The Balaban J connectivity index is 2.57. The molecule has 0 amide bonds. The molecule has 0 aliphatic carbocycles. The topological polar surface area (TPSA) is 44.3 Å². The Kier molecular flexibility index (Phi) is 4.81. The molecule has 1 unspecified atom stereocenters. The first-order valence-electron chi connectivity index (χ1n) is 4.53. The Morgan fingerprint density at radius 3 is 2.80 bits per heavy atom. The zero-order valence-electron chi connectivity index (χ0n) is 8.33. The van der Waals surface area contributed by atoms with Crippen LogP contribution in [0.1, 0.15) is 11.7 Å². The Morgan fingerprint density at radius 2 is 2.20 bits per heavy atom. The van der Waals surface area contributed by atoms with Crippen LogP contribution in [0.25, 0.3) is 0 Å². The fourth-order valence-electron chi connectivity index (χ4n) is 1.13. The summed E-state index contributed by atoms with van der Waals surface area (Å²) >= 11 is 10.8. The first-order valence-corrected chi connectivity index (χ1v) is 5.32. The smallest absolute Gasteiger partial charge is 0.166 e. The van der Waals surface area contributed by atoms with E-state index in [0.29, 0.717) is 22.2 Å². The molecule has 0 saturated heterocycles. The lowest BCUT2D eigenvalue weighted by atomic mass is 10.1. The Morgan fingerprint density at radius 1 is 1.53 bits per heavy atom. The van der Waals surface area contributed by atoms with Crippen LogP contribution in [0.4, 0.5) is 0 Å². The van der Waals surface area contributed by atoms with Crippen molar-refractivity contribution in [3.8, 4) is 0 Å². The molecule has 3 nitrogen and oxygen atoms in total. The molecule has 0 aliphatic heterocycles. The predicted molar refractivity (Wildman–Crippen MR) is 66.1 cm³/mol. The molecule has 0 heterocycles. The van der Waals surface area contributed by atoms with E-state index in [-0.39, 0.29) is 0 Å². The summed E-state index contributed by atoms with van der Waals surface area (Å²) in [6.07, 6.45) is -0.662. The van der Waals surface area contributed by atoms with Gasteiger partial charge in [-0.2, -0.15) is 0 Å². The monoisotopic (exact) mass is 244 g/mol. The van der Waals surface area contributed by atoms with E-state index in [2.05, 4.69) is 10.6 Å². The van der Waals surface area contributed by atoms with Gasteiger partial charge >= 0.3 is 0 Å². The number of aliphatic hydroxyl groups is 1. The second-order valence-electron chi connectivity index (χ2n) is 3.00. The molecule has 0 aliphatic rings. The maximum absolute atomic E-state index is 9.81. The maximum atomic E-state index is 9.81. The van der Waals surface area contributed by atoms with Crippen molar-refractivity contribution >= 4 is 28.9 Å². The van der Waals surface area contributed by atoms with Crippen LogP contribution < -0.4 is 10.6 Å². The van der Waals surface area contributed by atoms with Gasteiger partial charge in [-0.25, -0.2) is 0 Å². The number of aliphatic hydroxyl groups excluding tert-OH is 1. The molecule has 3 N–H and O–H groups in total. The molecule has 1 aromatic carbocycles. The zero-order valence-corrected chi connectivity index (χ0v) is 9.90. The van der Waals surface area contributed by atoms with Crippen LogP contribution in [0.5, 0.6) is 0 Å². The van der Waals surface area contributed by atoms with E-state index in [1.54, 1.807) is 19.2 Å². The SMILES string of the molecule is CNC(=S)NCC(O)c1ccccc1Cl. The summed E-state index contributed by atoms with van der Waals surface area (Å²) < 4.78 is 0. The third-order valence-corrected chi connectivity index (χ3v) is 2.64. The van der Waals surface area contributed by atoms with Crippen molar-refractivity contribution in [1.29, 1.82) is 0 Å². The summed E-state index contributed by atoms with van der Waals surface area (Å²) in [6, 6.07) is 7.19. The highest BCUT2D eigenvalue weighted by Crippen LogP contribution is 2.21. The van der Waals surface area contributed by atoms with Crippen molar-refractivity contribution in [3.63, 3.8) is 0 Å². The second-order valence-corrected chi connectivity index (χ2v) is 3.81. The van der Waals surface area contributed by atoms with Crippen LogP contribution in [0, 0.1) is 0 Å². The van der Waals surface area contributed by atoms with Crippen molar-refractivity contribution in [2.24, 2.45) is 0 Å². The lowest BCUT2D eigenvalue weighted by Gasteiger charge is -2.14. The Hall–Kier alpha value is -0.840. The normalized spacial score (nSPS) is 11.9. The minimum absolute atomic E-state index is 0.337. The van der Waals surface area contributed by atoms with Crippen molar-refractivity contribution in [3.05, 3.63) is 34.9 Å². The molecule has 0 saturated carbocycles. The van der Waals surface area contributed by atoms with Crippen molar-refractivity contribution in [2.75, 3.05) is 13.6 Å². The predicted octanol–water partition coefficient (Wildman–Crippen LogP) is 1.47. The van der Waals surface area contributed by atoms with Crippen molar-refractivity contribution in [2.45, 2.75) is 6.10 Å². The Bertz CT molecular complexity index is 346. The molecule has 15 heavy (non-hydrogen) atoms. The molecule has 5 heteroatoms. The zero-order chi connectivity index (χ0) is 11.3. The molecule has 1 atom stereocenters. The van der Waals surface area contributed by atoms with Crippen LogP contribution in [0.3, 0.4) is 0 Å². The standard InChI is InChI=1S/C10H13ClN2OS/c1-12-10(15)13-6-9(14)7-4-2-3-5-8(7)11/h2-5,9,14H,6H2,1H3,(H2,12,13,15). The van der Waals surface area contributed by atoms with E-state index < -0.39 is 6.10 Å². The van der Waals surface area contributed by atoms with E-state index >= 15 is 0 Å². The number of hydrogen-bond acceptors (Lipinski definition) is 2. The minimum Gasteiger partial charge on any atom is -0.387 e. The summed E-state index contributed by atoms with van der Waals surface area (Å²) in [5.74, 6) is 0. The van der Waals surface area contributed by atoms with Crippen LogP contribution in [0.2, 0.25) is 5.02 Å². The number of hydrogen-bond donors (Lipinski definition) is 3. The first-order chi connectivity index (χ1) is 7.15. The number of rotatable bonds is 3. The van der Waals surface area contributed by atoms with Gasteiger partial charge in [0.2, 0.25) is 0 Å². The van der Waals surface area contributed by atoms with Gasteiger partial charge in [0.15, 0.2) is 5.11 Å². The molecule has 1 aromatic rings. The lowest BCUT2D eigenvalue weighted by Crippen LogP contribution is -2.35. The van der Waals surface area contributed by atoms with Crippen LogP contribution in [-0.2, 0) is 0 Å². The number of benzene rings is 1. The molecule has 1 rings (SSSR count). The maximum Gasteiger partial charge on any atom is 0.166 e. The van der Waals surface area contributed by atoms with E-state index in [0.717, 1.165) is 0 Å². The van der Waals surface area contributed by atoms with Gasteiger partial charge in [-0.1, -0.05) is 29.8 Å². The van der Waals surface area contributed by atoms with Gasteiger partial charge in [-0.3, -0.25) is 0 Å². The van der Waals surface area contributed by atoms with Gasteiger partial charge in [0.25, 0.3) is 0 Å². The number of halogens is 1. The van der Waals surface area contributed by atoms with E-state index in [4.69, 9.17) is 23.8 Å².